The van der Waals surface area contributed by atoms with Crippen LogP contribution in [-0.2, 0) is 22.7 Å². The zero-order chi connectivity index (χ0) is 33.7. The minimum absolute atomic E-state index is 0.00465. The van der Waals surface area contributed by atoms with E-state index in [1.165, 1.54) is 44.1 Å². The molecule has 4 aromatic rings. The fourth-order valence-corrected chi connectivity index (χ4v) is 7.52. The van der Waals surface area contributed by atoms with Gasteiger partial charge in [0.25, 0.3) is 0 Å². The van der Waals surface area contributed by atoms with Crippen LogP contribution in [0, 0.1) is 0 Å². The maximum atomic E-state index is 13.3. The smallest absolute Gasteiger partial charge is 0.320 e. The average Bonchev–Trinajstić information content (AvgIpc) is 3.81. The highest BCUT2D eigenvalue weighted by Gasteiger charge is 2.19. The third kappa shape index (κ3) is 10.0. The number of esters is 1. The summed E-state index contributed by atoms with van der Waals surface area (Å²) < 4.78 is 11.3. The van der Waals surface area contributed by atoms with Crippen LogP contribution in [0.2, 0.25) is 0 Å². The Morgan fingerprint density at radius 2 is 1.50 bits per heavy atom. The van der Waals surface area contributed by atoms with Crippen LogP contribution in [0.1, 0.15) is 91.6 Å². The van der Waals surface area contributed by atoms with E-state index in [1.807, 2.05) is 29.2 Å². The normalized spacial score (nSPS) is 13.0. The second-order valence-electron chi connectivity index (χ2n) is 12.7. The molecule has 0 atom stereocenters. The number of nitrogens with zero attached hydrogens (tertiary/aromatic N) is 2. The number of anilines is 1. The van der Waals surface area contributed by atoms with Gasteiger partial charge in [-0.15, -0.1) is 11.3 Å². The lowest BCUT2D eigenvalue weighted by Gasteiger charge is -2.20. The first-order chi connectivity index (χ1) is 23.4. The van der Waals surface area contributed by atoms with E-state index in [2.05, 4.69) is 79.4 Å². The topological polar surface area (TPSA) is 59.1 Å². The summed E-state index contributed by atoms with van der Waals surface area (Å²) in [7, 11) is 0. The van der Waals surface area contributed by atoms with Crippen molar-refractivity contribution in [2.45, 2.75) is 78.4 Å². The minimum atomic E-state index is -0.322. The third-order valence-corrected chi connectivity index (χ3v) is 10.1. The third-order valence-electron chi connectivity index (χ3n) is 9.00. The Morgan fingerprint density at radius 3 is 2.15 bits per heavy atom. The fourth-order valence-electron chi connectivity index (χ4n) is 6.47. The van der Waals surface area contributed by atoms with Crippen molar-refractivity contribution in [2.75, 3.05) is 37.7 Å². The fraction of sp³-hybridized carbons (Fsp3) is 0.415. The number of carbonyl (C=O) groups excluding carboxylic acids is 2. The summed E-state index contributed by atoms with van der Waals surface area (Å²) in [6.45, 7) is 9.96. The molecular weight excluding hydrogens is 617 g/mol. The standard InChI is InChI=1S/C41H50N2O4S/c1-4-9-32(10-5-2)33-17-21-37(22-18-33)47-30-31-11-13-35(14-12-31)40-24-23-38(48-40)27-42(29-41(45)46-6-3)28-39(44)34-15-19-36(20-16-34)43-25-7-8-26-43/h11-24,32H,4-10,25-30H2,1-3H3. The van der Waals surface area contributed by atoms with Gasteiger partial charge in [0.2, 0.25) is 0 Å². The SMILES string of the molecule is CCCC(CCC)c1ccc(OCc2ccc(-c3ccc(CN(CC(=O)OCC)CC(=O)c4ccc(N5CCCC5)cc4)s3)cc2)cc1. The molecule has 2 heterocycles. The molecule has 1 aromatic heterocycles. The number of hydrogen-bond donors (Lipinski definition) is 0. The van der Waals surface area contributed by atoms with Gasteiger partial charge < -0.3 is 14.4 Å². The molecule has 0 amide bonds. The summed E-state index contributed by atoms with van der Waals surface area (Å²) in [5.74, 6) is 1.19. The van der Waals surface area contributed by atoms with Crippen LogP contribution >= 0.6 is 11.3 Å². The predicted octanol–water partition coefficient (Wildman–Crippen LogP) is 9.53. The Morgan fingerprint density at radius 1 is 0.812 bits per heavy atom. The Balaban J connectivity index is 1.17. The number of ketones is 1. The highest BCUT2D eigenvalue weighted by molar-refractivity contribution is 7.15. The van der Waals surface area contributed by atoms with Gasteiger partial charge in [0, 0.05) is 40.6 Å². The first-order valence-electron chi connectivity index (χ1n) is 17.6. The van der Waals surface area contributed by atoms with Crippen molar-refractivity contribution < 1.29 is 19.1 Å². The van der Waals surface area contributed by atoms with Crippen molar-refractivity contribution in [1.82, 2.24) is 4.90 Å². The molecule has 0 spiro atoms. The predicted molar refractivity (Wildman–Crippen MR) is 197 cm³/mol. The molecule has 1 aliphatic rings. The van der Waals surface area contributed by atoms with Gasteiger partial charge >= 0.3 is 5.97 Å². The molecule has 7 heteroatoms. The van der Waals surface area contributed by atoms with Crippen LogP contribution < -0.4 is 9.64 Å². The first kappa shape index (κ1) is 35.4. The van der Waals surface area contributed by atoms with Crippen molar-refractivity contribution in [3.05, 3.63) is 106 Å². The van der Waals surface area contributed by atoms with Gasteiger partial charge in [0.1, 0.15) is 12.4 Å². The van der Waals surface area contributed by atoms with Gasteiger partial charge in [0.15, 0.2) is 5.78 Å². The molecule has 254 valence electrons. The van der Waals surface area contributed by atoms with Crippen LogP contribution in [0.25, 0.3) is 10.4 Å². The van der Waals surface area contributed by atoms with Crippen molar-refractivity contribution in [2.24, 2.45) is 0 Å². The maximum Gasteiger partial charge on any atom is 0.320 e. The number of carbonyl (C=O) groups is 2. The van der Waals surface area contributed by atoms with Gasteiger partial charge in [-0.05, 0) is 104 Å². The molecule has 0 saturated carbocycles. The van der Waals surface area contributed by atoms with Crippen LogP contribution in [0.3, 0.4) is 0 Å². The van der Waals surface area contributed by atoms with E-state index >= 15 is 0 Å². The van der Waals surface area contributed by atoms with Gasteiger partial charge in [-0.2, -0.15) is 0 Å². The van der Waals surface area contributed by atoms with E-state index in [4.69, 9.17) is 9.47 Å². The summed E-state index contributed by atoms with van der Waals surface area (Å²) in [6, 6.07) is 29.2. The highest BCUT2D eigenvalue weighted by Crippen LogP contribution is 2.31. The summed E-state index contributed by atoms with van der Waals surface area (Å²) in [4.78, 5) is 32.2. The van der Waals surface area contributed by atoms with Gasteiger partial charge in [-0.25, -0.2) is 0 Å². The van der Waals surface area contributed by atoms with Gasteiger partial charge in [-0.1, -0.05) is 63.1 Å². The summed E-state index contributed by atoms with van der Waals surface area (Å²) in [5.41, 5.74) is 5.47. The second-order valence-corrected chi connectivity index (χ2v) is 13.9. The number of thiophene rings is 1. The summed E-state index contributed by atoms with van der Waals surface area (Å²) in [6.07, 6.45) is 7.28. The van der Waals surface area contributed by atoms with Crippen LogP contribution in [-0.4, -0.2) is 49.4 Å². The van der Waals surface area contributed by atoms with Gasteiger partial charge in [0.05, 0.1) is 19.7 Å². The molecule has 48 heavy (non-hydrogen) atoms. The lowest BCUT2D eigenvalue weighted by Crippen LogP contribution is -2.34. The molecule has 0 unspecified atom stereocenters. The van der Waals surface area contributed by atoms with E-state index < -0.39 is 0 Å². The summed E-state index contributed by atoms with van der Waals surface area (Å²) >= 11 is 1.68. The molecule has 6 nitrogen and oxygen atoms in total. The van der Waals surface area contributed by atoms with E-state index in [9.17, 15) is 9.59 Å². The second kappa shape index (κ2) is 18.0. The van der Waals surface area contributed by atoms with Gasteiger partial charge in [-0.3, -0.25) is 14.5 Å². The molecule has 0 aliphatic carbocycles. The monoisotopic (exact) mass is 666 g/mol. The Bertz CT molecular complexity index is 1570. The van der Waals surface area contributed by atoms with Crippen molar-refractivity contribution >= 4 is 28.8 Å². The molecule has 0 radical (unpaired) electrons. The molecule has 1 saturated heterocycles. The van der Waals surface area contributed by atoms with Crippen LogP contribution in [0.15, 0.2) is 84.9 Å². The van der Waals surface area contributed by atoms with Crippen molar-refractivity contribution in [1.29, 1.82) is 0 Å². The molecule has 3 aromatic carbocycles. The highest BCUT2D eigenvalue weighted by atomic mass is 32.1. The lowest BCUT2D eigenvalue weighted by atomic mass is 9.90. The molecule has 1 aliphatic heterocycles. The zero-order valence-electron chi connectivity index (χ0n) is 28.8. The number of ether oxygens (including phenoxy) is 2. The molecule has 5 rings (SSSR count). The van der Waals surface area contributed by atoms with E-state index in [0.29, 0.717) is 31.2 Å². The number of benzene rings is 3. The largest absolute Gasteiger partial charge is 0.489 e. The number of hydrogen-bond acceptors (Lipinski definition) is 7. The van der Waals surface area contributed by atoms with Crippen molar-refractivity contribution in [3.63, 3.8) is 0 Å². The van der Waals surface area contributed by atoms with E-state index in [-0.39, 0.29) is 24.8 Å². The van der Waals surface area contributed by atoms with Crippen LogP contribution in [0.4, 0.5) is 5.69 Å². The summed E-state index contributed by atoms with van der Waals surface area (Å²) in [5, 5.41) is 0. The Kier molecular flexibility index (Phi) is 13.3. The molecule has 1 fully saturated rings. The van der Waals surface area contributed by atoms with Crippen molar-refractivity contribution in [3.8, 4) is 16.2 Å². The van der Waals surface area contributed by atoms with E-state index in [1.54, 1.807) is 18.3 Å². The Hall–Kier alpha value is -3.94. The van der Waals surface area contributed by atoms with Crippen LogP contribution in [0.5, 0.6) is 5.75 Å². The molecular formula is C41H50N2O4S. The molecule has 0 N–H and O–H groups in total. The lowest BCUT2D eigenvalue weighted by molar-refractivity contribution is -0.144. The van der Waals surface area contributed by atoms with E-state index in [0.717, 1.165) is 45.4 Å². The zero-order valence-corrected chi connectivity index (χ0v) is 29.6. The Labute approximate surface area is 290 Å². The first-order valence-corrected chi connectivity index (χ1v) is 18.4. The number of rotatable bonds is 18. The molecule has 0 bridgehead atoms. The quantitative estimate of drug-likeness (QED) is 0.0779. The number of Topliss-reactive ketones (excluding diaryl/α,β-unsaturated/α-hetero) is 1. The maximum absolute atomic E-state index is 13.3. The average molecular weight is 667 g/mol. The minimum Gasteiger partial charge on any atom is -0.489 e.